The molecule has 3 unspecified atom stereocenters. The molecule has 1 aromatic heterocycles. The average Bonchev–Trinajstić information content (AvgIpc) is 3.08. The molecule has 1 heterocycles. The zero-order chi connectivity index (χ0) is 35.3. The molecule has 5 N–H and O–H groups in total. The second kappa shape index (κ2) is 22.9. The molecule has 2 rings (SSSR count). The molecule has 0 aliphatic rings. The van der Waals surface area contributed by atoms with Crippen molar-refractivity contribution in [1.29, 1.82) is 0 Å². The van der Waals surface area contributed by atoms with Gasteiger partial charge in [-0.3, -0.25) is 14.4 Å². The van der Waals surface area contributed by atoms with Crippen LogP contribution in [-0.4, -0.2) is 93.1 Å². The highest BCUT2D eigenvalue weighted by Gasteiger charge is 2.27. The number of aliphatic hydroxyl groups is 1. The molecule has 0 spiro atoms. The Bertz CT molecular complexity index is 1210. The number of hydrogen-bond acceptors (Lipinski definition) is 11. The van der Waals surface area contributed by atoms with Gasteiger partial charge in [0.15, 0.2) is 0 Å². The molecule has 0 aliphatic heterocycles. The Morgan fingerprint density at radius 2 is 1.69 bits per heavy atom. The van der Waals surface area contributed by atoms with E-state index in [0.717, 1.165) is 29.5 Å². The number of rotatable bonds is 24. The van der Waals surface area contributed by atoms with Gasteiger partial charge in [-0.15, -0.1) is 0 Å². The van der Waals surface area contributed by atoms with E-state index >= 15 is 0 Å². The van der Waals surface area contributed by atoms with Crippen molar-refractivity contribution in [1.82, 2.24) is 15.6 Å². The standard InChI is InChI=1S/C35H55N5O8/c1-6-26-20-27(7-2)22-28(21-26)29(23-33(42)45-5)39-34(43)30(24-47-19-18-46-17-14-36)38-32(41)13-9-11-16-40(35(44)48-25(3)4)31-12-8-10-15-37-31/h8,10,12,15,20-22,25,29-30,35,44H,6-7,9,11,13-14,16-19,23-24,36H2,1-5H3,(H,38,41)(H,39,43). The van der Waals surface area contributed by atoms with E-state index in [2.05, 4.69) is 21.7 Å². The van der Waals surface area contributed by atoms with Crippen molar-refractivity contribution in [3.8, 4) is 0 Å². The van der Waals surface area contributed by atoms with E-state index in [4.69, 9.17) is 24.7 Å². The number of ether oxygens (including phenoxy) is 4. The van der Waals surface area contributed by atoms with Crippen molar-refractivity contribution >= 4 is 23.6 Å². The molecule has 0 saturated carbocycles. The van der Waals surface area contributed by atoms with Gasteiger partial charge < -0.3 is 45.3 Å². The van der Waals surface area contributed by atoms with Crippen LogP contribution in [0.2, 0.25) is 0 Å². The summed E-state index contributed by atoms with van der Waals surface area (Å²) in [6, 6.07) is 9.74. The number of nitrogens with two attached hydrogens (primary N) is 1. The smallest absolute Gasteiger partial charge is 0.307 e. The van der Waals surface area contributed by atoms with E-state index < -0.39 is 30.4 Å². The van der Waals surface area contributed by atoms with Crippen molar-refractivity contribution in [2.24, 2.45) is 5.73 Å². The van der Waals surface area contributed by atoms with Crippen LogP contribution in [0.5, 0.6) is 0 Å². The number of benzene rings is 1. The number of carbonyl (C=O) groups is 3. The number of esters is 1. The lowest BCUT2D eigenvalue weighted by molar-refractivity contribution is -0.141. The van der Waals surface area contributed by atoms with Crippen molar-refractivity contribution < 1.29 is 38.4 Å². The molecule has 13 heteroatoms. The van der Waals surface area contributed by atoms with Crippen LogP contribution in [0.1, 0.15) is 76.1 Å². The van der Waals surface area contributed by atoms with Gasteiger partial charge in [0, 0.05) is 25.7 Å². The fraction of sp³-hybridized carbons (Fsp3) is 0.600. The molecule has 0 saturated heterocycles. The first-order valence-electron chi connectivity index (χ1n) is 16.8. The third-order valence-corrected chi connectivity index (χ3v) is 7.44. The highest BCUT2D eigenvalue weighted by molar-refractivity contribution is 5.88. The van der Waals surface area contributed by atoms with E-state index in [9.17, 15) is 19.5 Å². The van der Waals surface area contributed by atoms with Crippen LogP contribution >= 0.6 is 0 Å². The normalized spacial score (nSPS) is 13.1. The lowest BCUT2D eigenvalue weighted by Gasteiger charge is -2.29. The number of hydrogen-bond donors (Lipinski definition) is 4. The van der Waals surface area contributed by atoms with Crippen molar-refractivity contribution in [2.75, 3.05) is 51.5 Å². The summed E-state index contributed by atoms with van der Waals surface area (Å²) in [6.45, 7) is 9.29. The number of amides is 2. The third-order valence-electron chi connectivity index (χ3n) is 7.44. The molecule has 48 heavy (non-hydrogen) atoms. The average molecular weight is 674 g/mol. The number of aliphatic hydroxyl groups excluding tert-OH is 1. The molecule has 268 valence electrons. The van der Waals surface area contributed by atoms with Crippen molar-refractivity contribution in [2.45, 2.75) is 90.8 Å². The predicted molar refractivity (Wildman–Crippen MR) is 183 cm³/mol. The summed E-state index contributed by atoms with van der Waals surface area (Å²) < 4.78 is 21.6. The molecular weight excluding hydrogens is 618 g/mol. The van der Waals surface area contributed by atoms with Crippen molar-refractivity contribution in [3.05, 3.63) is 59.3 Å². The van der Waals surface area contributed by atoms with Crippen LogP contribution in [-0.2, 0) is 46.2 Å². The summed E-state index contributed by atoms with van der Waals surface area (Å²) in [5.74, 6) is -0.753. The fourth-order valence-corrected chi connectivity index (χ4v) is 4.88. The number of carbonyl (C=O) groups excluding carboxylic acids is 3. The van der Waals surface area contributed by atoms with Crippen LogP contribution in [0.4, 0.5) is 5.82 Å². The summed E-state index contributed by atoms with van der Waals surface area (Å²) in [7, 11) is 1.30. The van der Waals surface area contributed by atoms with Gasteiger partial charge in [0.05, 0.1) is 52.1 Å². The minimum Gasteiger partial charge on any atom is -0.469 e. The lowest BCUT2D eigenvalue weighted by atomic mass is 9.96. The van der Waals surface area contributed by atoms with Gasteiger partial charge in [0.2, 0.25) is 18.2 Å². The van der Waals surface area contributed by atoms with Gasteiger partial charge in [-0.2, -0.15) is 0 Å². The summed E-state index contributed by atoms with van der Waals surface area (Å²) in [6.07, 6.45) is 2.89. The van der Waals surface area contributed by atoms with Gasteiger partial charge in [-0.25, -0.2) is 4.98 Å². The number of aryl methyl sites for hydroxylation is 2. The minimum atomic E-state index is -1.20. The fourth-order valence-electron chi connectivity index (χ4n) is 4.88. The molecule has 0 fully saturated rings. The predicted octanol–water partition coefficient (Wildman–Crippen LogP) is 2.78. The number of pyridine rings is 1. The minimum absolute atomic E-state index is 0.0772. The maximum absolute atomic E-state index is 13.7. The first-order valence-corrected chi connectivity index (χ1v) is 16.8. The molecule has 1 aromatic carbocycles. The Morgan fingerprint density at radius 3 is 2.29 bits per heavy atom. The molecule has 13 nitrogen and oxygen atoms in total. The number of nitrogens with zero attached hydrogens (tertiary/aromatic N) is 2. The van der Waals surface area contributed by atoms with E-state index in [1.807, 2.05) is 45.9 Å². The maximum atomic E-state index is 13.7. The molecule has 0 aliphatic carbocycles. The highest BCUT2D eigenvalue weighted by atomic mass is 16.6. The number of methoxy groups -OCH3 is 1. The Balaban J connectivity index is 2.12. The van der Waals surface area contributed by atoms with Crippen LogP contribution in [0.15, 0.2) is 42.6 Å². The summed E-state index contributed by atoms with van der Waals surface area (Å²) >= 11 is 0. The molecule has 2 amide bonds. The monoisotopic (exact) mass is 673 g/mol. The zero-order valence-corrected chi connectivity index (χ0v) is 29.1. The van der Waals surface area contributed by atoms with Gasteiger partial charge in [-0.1, -0.05) is 38.1 Å². The molecule has 0 bridgehead atoms. The topological polar surface area (TPSA) is 175 Å². The van der Waals surface area contributed by atoms with E-state index in [1.54, 1.807) is 23.2 Å². The quantitative estimate of drug-likeness (QED) is 0.0733. The summed E-state index contributed by atoms with van der Waals surface area (Å²) in [5, 5.41) is 16.4. The van der Waals surface area contributed by atoms with Gasteiger partial charge in [-0.05, 0) is 68.4 Å². The van der Waals surface area contributed by atoms with Crippen LogP contribution in [0.3, 0.4) is 0 Å². The Labute approximate surface area is 284 Å². The number of anilines is 1. The van der Waals surface area contributed by atoms with E-state index in [0.29, 0.717) is 38.4 Å². The van der Waals surface area contributed by atoms with Crippen LogP contribution in [0.25, 0.3) is 0 Å². The highest BCUT2D eigenvalue weighted by Crippen LogP contribution is 2.22. The molecule has 3 atom stereocenters. The second-order valence-corrected chi connectivity index (χ2v) is 11.6. The Hall–Kier alpha value is -3.62. The molecule has 2 aromatic rings. The lowest BCUT2D eigenvalue weighted by Crippen LogP contribution is -2.50. The van der Waals surface area contributed by atoms with Gasteiger partial charge in [0.1, 0.15) is 11.9 Å². The second-order valence-electron chi connectivity index (χ2n) is 11.6. The number of unbranched alkanes of at least 4 members (excludes halogenated alkanes) is 1. The zero-order valence-electron chi connectivity index (χ0n) is 29.1. The van der Waals surface area contributed by atoms with Gasteiger partial charge in [0.25, 0.3) is 0 Å². The van der Waals surface area contributed by atoms with Crippen LogP contribution < -0.4 is 21.3 Å². The Morgan fingerprint density at radius 1 is 0.979 bits per heavy atom. The van der Waals surface area contributed by atoms with E-state index in [1.165, 1.54) is 7.11 Å². The molecule has 0 radical (unpaired) electrons. The largest absolute Gasteiger partial charge is 0.469 e. The maximum Gasteiger partial charge on any atom is 0.307 e. The van der Waals surface area contributed by atoms with Crippen LogP contribution in [0, 0.1) is 0 Å². The first-order chi connectivity index (χ1) is 23.1. The first kappa shape index (κ1) is 40.6. The SMILES string of the molecule is CCc1cc(CC)cc(C(CC(=O)OC)NC(=O)C(COCCOCCN)NC(=O)CCCCN(c2ccccn2)C(O)OC(C)C)c1. The number of aromatic nitrogens is 1. The third kappa shape index (κ3) is 15.1. The van der Waals surface area contributed by atoms with Crippen molar-refractivity contribution in [3.63, 3.8) is 0 Å². The number of nitrogens with one attached hydrogen (secondary N) is 2. The van der Waals surface area contributed by atoms with E-state index in [-0.39, 0.29) is 44.7 Å². The van der Waals surface area contributed by atoms with Gasteiger partial charge >= 0.3 is 5.97 Å². The summed E-state index contributed by atoms with van der Waals surface area (Å²) in [4.78, 5) is 45.1. The Kier molecular flexibility index (Phi) is 19.3. The molecular formula is C35H55N5O8. The summed E-state index contributed by atoms with van der Waals surface area (Å²) in [5.41, 5.74) is 8.43.